The number of hydrogen-bond donors (Lipinski definition) is 0. The van der Waals surface area contributed by atoms with Crippen molar-refractivity contribution in [3.63, 3.8) is 0 Å². The fraction of sp³-hybridized carbons (Fsp3) is 0.889. The van der Waals surface area contributed by atoms with Crippen LogP contribution in [0, 0.1) is 17.8 Å². The highest BCUT2D eigenvalue weighted by atomic mass is 16.5. The average molecular weight is 154 g/mol. The highest BCUT2D eigenvalue weighted by molar-refractivity contribution is 5.74. The average Bonchev–Trinajstić information content (AvgIpc) is 2.34. The second-order valence-corrected chi connectivity index (χ2v) is 3.80. The zero-order valence-corrected chi connectivity index (χ0v) is 6.88. The Labute approximate surface area is 66.9 Å². The Morgan fingerprint density at radius 3 is 2.91 bits per heavy atom. The third-order valence-corrected chi connectivity index (χ3v) is 3.12. The Hall–Kier alpha value is -0.530. The van der Waals surface area contributed by atoms with E-state index in [-0.39, 0.29) is 11.9 Å². The summed E-state index contributed by atoms with van der Waals surface area (Å²) in [6, 6.07) is 0. The quantitative estimate of drug-likeness (QED) is 0.495. The second kappa shape index (κ2) is 2.50. The maximum absolute atomic E-state index is 11.3. The lowest BCUT2D eigenvalue weighted by atomic mass is 9.87. The van der Waals surface area contributed by atoms with E-state index in [1.807, 2.05) is 0 Å². The second-order valence-electron chi connectivity index (χ2n) is 3.80. The van der Waals surface area contributed by atoms with E-state index in [1.54, 1.807) is 0 Å². The molecule has 2 nitrogen and oxygen atoms in total. The summed E-state index contributed by atoms with van der Waals surface area (Å²) in [5, 5.41) is 0. The molecule has 0 aromatic carbocycles. The highest BCUT2D eigenvalue weighted by Crippen LogP contribution is 2.41. The van der Waals surface area contributed by atoms with Crippen molar-refractivity contribution in [3.8, 4) is 0 Å². The SMILES string of the molecule is C[C@H]1CC[C@@H]2CCOC(=O)[C@@H]21. The van der Waals surface area contributed by atoms with Crippen molar-refractivity contribution < 1.29 is 9.53 Å². The minimum absolute atomic E-state index is 0.0613. The molecule has 1 aliphatic heterocycles. The molecule has 0 aromatic heterocycles. The topological polar surface area (TPSA) is 26.3 Å². The van der Waals surface area contributed by atoms with Gasteiger partial charge in [0.1, 0.15) is 0 Å². The molecular weight excluding hydrogens is 140 g/mol. The summed E-state index contributed by atoms with van der Waals surface area (Å²) in [7, 11) is 0. The van der Waals surface area contributed by atoms with Crippen LogP contribution in [0.4, 0.5) is 0 Å². The summed E-state index contributed by atoms with van der Waals surface area (Å²) in [4.78, 5) is 11.3. The van der Waals surface area contributed by atoms with E-state index in [1.165, 1.54) is 12.8 Å². The number of rotatable bonds is 0. The molecule has 0 amide bonds. The van der Waals surface area contributed by atoms with Crippen molar-refractivity contribution >= 4 is 5.97 Å². The molecule has 11 heavy (non-hydrogen) atoms. The van der Waals surface area contributed by atoms with Crippen molar-refractivity contribution in [3.05, 3.63) is 0 Å². The van der Waals surface area contributed by atoms with Gasteiger partial charge in [0.05, 0.1) is 12.5 Å². The van der Waals surface area contributed by atoms with Crippen LogP contribution in [0.2, 0.25) is 0 Å². The number of cyclic esters (lactones) is 1. The van der Waals surface area contributed by atoms with Gasteiger partial charge in [0.15, 0.2) is 0 Å². The first kappa shape index (κ1) is 7.14. The Balaban J connectivity index is 2.14. The summed E-state index contributed by atoms with van der Waals surface area (Å²) in [6.07, 6.45) is 3.55. The molecule has 0 N–H and O–H groups in total. The maximum Gasteiger partial charge on any atom is 0.309 e. The van der Waals surface area contributed by atoms with Crippen molar-refractivity contribution in [1.29, 1.82) is 0 Å². The zero-order chi connectivity index (χ0) is 7.84. The van der Waals surface area contributed by atoms with Gasteiger partial charge in [-0.15, -0.1) is 0 Å². The van der Waals surface area contributed by atoms with Crippen LogP contribution in [0.15, 0.2) is 0 Å². The molecule has 1 saturated carbocycles. The fourth-order valence-electron chi connectivity index (χ4n) is 2.46. The molecule has 0 unspecified atom stereocenters. The first-order valence-corrected chi connectivity index (χ1v) is 4.45. The van der Waals surface area contributed by atoms with Gasteiger partial charge in [-0.2, -0.15) is 0 Å². The van der Waals surface area contributed by atoms with E-state index in [0.717, 1.165) is 6.42 Å². The number of carbonyl (C=O) groups is 1. The van der Waals surface area contributed by atoms with Gasteiger partial charge >= 0.3 is 5.97 Å². The largest absolute Gasteiger partial charge is 0.465 e. The molecule has 0 aromatic rings. The summed E-state index contributed by atoms with van der Waals surface area (Å²) in [5.41, 5.74) is 0. The molecule has 1 aliphatic carbocycles. The molecular formula is C9H14O2. The van der Waals surface area contributed by atoms with Crippen LogP contribution >= 0.6 is 0 Å². The third-order valence-electron chi connectivity index (χ3n) is 3.12. The minimum Gasteiger partial charge on any atom is -0.465 e. The normalized spacial score (nSPS) is 43.4. The van der Waals surface area contributed by atoms with Gasteiger partial charge < -0.3 is 4.74 Å². The van der Waals surface area contributed by atoms with Crippen LogP contribution in [-0.2, 0) is 9.53 Å². The van der Waals surface area contributed by atoms with E-state index < -0.39 is 0 Å². The summed E-state index contributed by atoms with van der Waals surface area (Å²) in [5.74, 6) is 1.51. The number of hydrogen-bond acceptors (Lipinski definition) is 2. The molecule has 2 heteroatoms. The number of carbonyl (C=O) groups excluding carboxylic acids is 1. The molecule has 0 spiro atoms. The van der Waals surface area contributed by atoms with Crippen LogP contribution in [0.1, 0.15) is 26.2 Å². The molecule has 3 atom stereocenters. The monoisotopic (exact) mass is 154 g/mol. The highest BCUT2D eigenvalue weighted by Gasteiger charge is 2.41. The Morgan fingerprint density at radius 2 is 2.18 bits per heavy atom. The predicted octanol–water partition coefficient (Wildman–Crippen LogP) is 1.60. The number of fused-ring (bicyclic) bond motifs is 1. The zero-order valence-electron chi connectivity index (χ0n) is 6.88. The van der Waals surface area contributed by atoms with Crippen LogP contribution in [0.5, 0.6) is 0 Å². The van der Waals surface area contributed by atoms with Crippen LogP contribution in [0.3, 0.4) is 0 Å². The minimum atomic E-state index is 0.0613. The maximum atomic E-state index is 11.3. The van der Waals surface area contributed by atoms with E-state index in [2.05, 4.69) is 6.92 Å². The summed E-state index contributed by atoms with van der Waals surface area (Å²) in [6.45, 7) is 2.82. The lowest BCUT2D eigenvalue weighted by Crippen LogP contribution is -2.31. The van der Waals surface area contributed by atoms with Crippen molar-refractivity contribution in [2.24, 2.45) is 17.8 Å². The number of ether oxygens (including phenoxy) is 1. The first-order valence-electron chi connectivity index (χ1n) is 4.45. The molecule has 1 heterocycles. The van der Waals surface area contributed by atoms with E-state index in [0.29, 0.717) is 18.4 Å². The van der Waals surface area contributed by atoms with Gasteiger partial charge in [-0.05, 0) is 31.1 Å². The smallest absolute Gasteiger partial charge is 0.309 e. The fourth-order valence-corrected chi connectivity index (χ4v) is 2.46. The van der Waals surface area contributed by atoms with Crippen molar-refractivity contribution in [2.45, 2.75) is 26.2 Å². The third kappa shape index (κ3) is 1.05. The predicted molar refractivity (Wildman–Crippen MR) is 41.0 cm³/mol. The molecule has 1 saturated heterocycles. The molecule has 2 aliphatic rings. The van der Waals surface area contributed by atoms with E-state index in [4.69, 9.17) is 4.74 Å². The van der Waals surface area contributed by atoms with Gasteiger partial charge in [-0.1, -0.05) is 6.92 Å². The lowest BCUT2D eigenvalue weighted by Gasteiger charge is -2.26. The van der Waals surface area contributed by atoms with Crippen LogP contribution in [-0.4, -0.2) is 12.6 Å². The van der Waals surface area contributed by atoms with E-state index >= 15 is 0 Å². The van der Waals surface area contributed by atoms with Crippen molar-refractivity contribution in [2.75, 3.05) is 6.61 Å². The Kier molecular flexibility index (Phi) is 1.63. The number of esters is 1. The molecule has 2 fully saturated rings. The van der Waals surface area contributed by atoms with E-state index in [9.17, 15) is 4.79 Å². The summed E-state index contributed by atoms with van der Waals surface area (Å²) >= 11 is 0. The van der Waals surface area contributed by atoms with Gasteiger partial charge in [0.25, 0.3) is 0 Å². The van der Waals surface area contributed by atoms with Gasteiger partial charge in [0.2, 0.25) is 0 Å². The van der Waals surface area contributed by atoms with Gasteiger partial charge in [-0.3, -0.25) is 4.79 Å². The lowest BCUT2D eigenvalue weighted by molar-refractivity contribution is -0.156. The molecule has 0 bridgehead atoms. The van der Waals surface area contributed by atoms with Crippen LogP contribution < -0.4 is 0 Å². The van der Waals surface area contributed by atoms with Gasteiger partial charge in [-0.25, -0.2) is 0 Å². The molecule has 0 radical (unpaired) electrons. The Bertz CT molecular complexity index is 174. The standard InChI is InChI=1S/C9H14O2/c1-6-2-3-7-4-5-11-9(10)8(6)7/h6-8H,2-5H2,1H3/t6-,7+,8+/m0/s1. The van der Waals surface area contributed by atoms with Crippen molar-refractivity contribution in [1.82, 2.24) is 0 Å². The van der Waals surface area contributed by atoms with Gasteiger partial charge in [0, 0.05) is 0 Å². The summed E-state index contributed by atoms with van der Waals surface area (Å²) < 4.78 is 5.02. The Morgan fingerprint density at radius 1 is 1.36 bits per heavy atom. The molecule has 62 valence electrons. The molecule has 2 rings (SSSR count). The first-order chi connectivity index (χ1) is 5.29. The van der Waals surface area contributed by atoms with Crippen LogP contribution in [0.25, 0.3) is 0 Å².